The van der Waals surface area contributed by atoms with Crippen LogP contribution in [0.2, 0.25) is 0 Å². The highest BCUT2D eigenvalue weighted by atomic mass is 79.9. The summed E-state index contributed by atoms with van der Waals surface area (Å²) in [5, 5.41) is 8.27. The van der Waals surface area contributed by atoms with Crippen molar-refractivity contribution in [3.05, 3.63) is 10.2 Å². The molecule has 1 aromatic heterocycles. The summed E-state index contributed by atoms with van der Waals surface area (Å²) in [7, 11) is 0. The number of nitrogens with zero attached hydrogens (tertiary/aromatic N) is 2. The molecular formula is C12H18BrN3. The van der Waals surface area contributed by atoms with Crippen LogP contribution in [0, 0.1) is 5.92 Å². The number of aryl methyl sites for hydroxylation is 1. The molecule has 0 radical (unpaired) electrons. The number of rotatable bonds is 3. The van der Waals surface area contributed by atoms with Crippen LogP contribution >= 0.6 is 15.9 Å². The first-order valence-electron chi connectivity index (χ1n) is 6.32. The Morgan fingerprint density at radius 2 is 2.25 bits per heavy atom. The van der Waals surface area contributed by atoms with E-state index < -0.39 is 0 Å². The lowest BCUT2D eigenvalue weighted by Crippen LogP contribution is -2.24. The molecular weight excluding hydrogens is 266 g/mol. The van der Waals surface area contributed by atoms with Crippen LogP contribution < -0.4 is 5.32 Å². The van der Waals surface area contributed by atoms with Crippen LogP contribution in [0.5, 0.6) is 0 Å². The largest absolute Gasteiger partial charge is 0.369 e. The SMILES string of the molecule is CCCc1nn2c(c1Br)NCCC2C1CC1. The maximum atomic E-state index is 4.79. The predicted octanol–water partition coefficient (Wildman–Crippen LogP) is 3.36. The number of nitrogens with one attached hydrogen (secondary N) is 1. The van der Waals surface area contributed by atoms with Gasteiger partial charge in [0.1, 0.15) is 5.82 Å². The van der Waals surface area contributed by atoms with E-state index in [9.17, 15) is 0 Å². The van der Waals surface area contributed by atoms with E-state index >= 15 is 0 Å². The maximum absolute atomic E-state index is 4.79. The number of aromatic nitrogens is 2. The second kappa shape index (κ2) is 4.06. The van der Waals surface area contributed by atoms with Crippen molar-refractivity contribution in [1.82, 2.24) is 9.78 Å². The number of hydrogen-bond donors (Lipinski definition) is 1. The van der Waals surface area contributed by atoms with E-state index in [1.165, 1.54) is 35.2 Å². The maximum Gasteiger partial charge on any atom is 0.139 e. The minimum atomic E-state index is 0.651. The summed E-state index contributed by atoms with van der Waals surface area (Å²) in [6.07, 6.45) is 6.25. The molecule has 3 nitrogen and oxygen atoms in total. The standard InChI is InChI=1S/C12H18BrN3/c1-2-3-9-11(13)12-14-7-6-10(8-4-5-8)16(12)15-9/h8,10,14H,2-7H2,1H3. The van der Waals surface area contributed by atoms with Crippen molar-refractivity contribution in [2.24, 2.45) is 5.92 Å². The average Bonchev–Trinajstić information content (AvgIpc) is 3.07. The molecule has 1 atom stereocenters. The zero-order valence-corrected chi connectivity index (χ0v) is 11.3. The van der Waals surface area contributed by atoms with Gasteiger partial charge in [-0.3, -0.25) is 0 Å². The zero-order chi connectivity index (χ0) is 11.1. The van der Waals surface area contributed by atoms with E-state index in [4.69, 9.17) is 5.10 Å². The molecule has 0 amide bonds. The van der Waals surface area contributed by atoms with E-state index in [2.05, 4.69) is 32.9 Å². The van der Waals surface area contributed by atoms with Crippen LogP contribution in [0.3, 0.4) is 0 Å². The van der Waals surface area contributed by atoms with Crippen LogP contribution in [0.25, 0.3) is 0 Å². The summed E-state index contributed by atoms with van der Waals surface area (Å²) in [5.41, 5.74) is 1.22. The van der Waals surface area contributed by atoms with E-state index in [-0.39, 0.29) is 0 Å². The summed E-state index contributed by atoms with van der Waals surface area (Å²) < 4.78 is 3.44. The smallest absolute Gasteiger partial charge is 0.139 e. The second-order valence-electron chi connectivity index (χ2n) is 4.92. The Morgan fingerprint density at radius 1 is 1.44 bits per heavy atom. The van der Waals surface area contributed by atoms with Crippen LogP contribution in [0.15, 0.2) is 4.47 Å². The molecule has 1 fully saturated rings. The molecule has 0 aromatic carbocycles. The minimum absolute atomic E-state index is 0.651. The third-order valence-corrected chi connectivity index (χ3v) is 4.45. The molecule has 0 spiro atoms. The quantitative estimate of drug-likeness (QED) is 0.922. The lowest BCUT2D eigenvalue weighted by molar-refractivity contribution is 0.373. The highest BCUT2D eigenvalue weighted by Crippen LogP contribution is 2.45. The van der Waals surface area contributed by atoms with Crippen molar-refractivity contribution >= 4 is 21.7 Å². The summed E-state index contributed by atoms with van der Waals surface area (Å²) in [4.78, 5) is 0. The number of hydrogen-bond acceptors (Lipinski definition) is 2. The number of halogens is 1. The van der Waals surface area contributed by atoms with Gasteiger partial charge in [0.2, 0.25) is 0 Å². The summed E-state index contributed by atoms with van der Waals surface area (Å²) in [6.45, 7) is 3.30. The van der Waals surface area contributed by atoms with Crippen LogP contribution in [0.4, 0.5) is 5.82 Å². The first kappa shape index (κ1) is 10.6. The molecule has 0 bridgehead atoms. The molecule has 2 heterocycles. The summed E-state index contributed by atoms with van der Waals surface area (Å²) in [5.74, 6) is 2.11. The van der Waals surface area contributed by atoms with Gasteiger partial charge < -0.3 is 5.32 Å². The Hall–Kier alpha value is -0.510. The van der Waals surface area contributed by atoms with Gasteiger partial charge in [0.05, 0.1) is 16.2 Å². The molecule has 1 aromatic rings. The van der Waals surface area contributed by atoms with E-state index in [0.717, 1.165) is 25.3 Å². The van der Waals surface area contributed by atoms with Crippen LogP contribution in [-0.4, -0.2) is 16.3 Å². The van der Waals surface area contributed by atoms with Crippen molar-refractivity contribution in [3.63, 3.8) is 0 Å². The highest BCUT2D eigenvalue weighted by Gasteiger charge is 2.36. The molecule has 88 valence electrons. The second-order valence-corrected chi connectivity index (χ2v) is 5.72. The lowest BCUT2D eigenvalue weighted by Gasteiger charge is -2.25. The average molecular weight is 284 g/mol. The van der Waals surface area contributed by atoms with Crippen molar-refractivity contribution in [2.45, 2.75) is 45.1 Å². The van der Waals surface area contributed by atoms with Crippen LogP contribution in [0.1, 0.15) is 44.3 Å². The Bertz CT molecular complexity index is 395. The Morgan fingerprint density at radius 3 is 2.94 bits per heavy atom. The third-order valence-electron chi connectivity index (χ3n) is 3.62. The summed E-state index contributed by atoms with van der Waals surface area (Å²) in [6, 6.07) is 0.651. The Balaban J connectivity index is 1.96. The van der Waals surface area contributed by atoms with Crippen molar-refractivity contribution in [1.29, 1.82) is 0 Å². The summed E-state index contributed by atoms with van der Waals surface area (Å²) >= 11 is 3.69. The molecule has 3 rings (SSSR count). The monoisotopic (exact) mass is 283 g/mol. The number of anilines is 1. The molecule has 16 heavy (non-hydrogen) atoms. The zero-order valence-electron chi connectivity index (χ0n) is 9.67. The molecule has 1 saturated carbocycles. The molecule has 2 aliphatic rings. The highest BCUT2D eigenvalue weighted by molar-refractivity contribution is 9.10. The normalized spacial score (nSPS) is 24.0. The first-order valence-corrected chi connectivity index (χ1v) is 7.11. The van der Waals surface area contributed by atoms with Gasteiger partial charge in [-0.2, -0.15) is 5.10 Å². The molecule has 0 saturated heterocycles. The molecule has 4 heteroatoms. The fourth-order valence-electron chi connectivity index (χ4n) is 2.63. The van der Waals surface area contributed by atoms with Gasteiger partial charge in [0.25, 0.3) is 0 Å². The van der Waals surface area contributed by atoms with Gasteiger partial charge in [0, 0.05) is 6.54 Å². The van der Waals surface area contributed by atoms with E-state index in [0.29, 0.717) is 6.04 Å². The van der Waals surface area contributed by atoms with Gasteiger partial charge in [0.15, 0.2) is 0 Å². The van der Waals surface area contributed by atoms with Gasteiger partial charge in [-0.05, 0) is 47.5 Å². The van der Waals surface area contributed by atoms with Crippen LogP contribution in [-0.2, 0) is 6.42 Å². The minimum Gasteiger partial charge on any atom is -0.369 e. The molecule has 1 aliphatic carbocycles. The van der Waals surface area contributed by atoms with Gasteiger partial charge in [-0.1, -0.05) is 13.3 Å². The fourth-order valence-corrected chi connectivity index (χ4v) is 3.23. The van der Waals surface area contributed by atoms with Gasteiger partial charge in [-0.25, -0.2) is 4.68 Å². The molecule has 1 aliphatic heterocycles. The number of fused-ring (bicyclic) bond motifs is 1. The molecule has 1 N–H and O–H groups in total. The van der Waals surface area contributed by atoms with Crippen molar-refractivity contribution < 1.29 is 0 Å². The van der Waals surface area contributed by atoms with Crippen molar-refractivity contribution in [2.75, 3.05) is 11.9 Å². The van der Waals surface area contributed by atoms with E-state index in [1.807, 2.05) is 0 Å². The van der Waals surface area contributed by atoms with Gasteiger partial charge in [-0.15, -0.1) is 0 Å². The third kappa shape index (κ3) is 1.67. The Labute approximate surface area is 105 Å². The fraction of sp³-hybridized carbons (Fsp3) is 0.750. The Kier molecular flexibility index (Phi) is 2.70. The molecule has 1 unspecified atom stereocenters. The predicted molar refractivity (Wildman–Crippen MR) is 68.8 cm³/mol. The topological polar surface area (TPSA) is 29.9 Å². The van der Waals surface area contributed by atoms with Crippen molar-refractivity contribution in [3.8, 4) is 0 Å². The van der Waals surface area contributed by atoms with E-state index in [1.54, 1.807) is 0 Å². The first-order chi connectivity index (χ1) is 7.81. The van der Waals surface area contributed by atoms with Gasteiger partial charge >= 0.3 is 0 Å². The lowest BCUT2D eigenvalue weighted by atomic mass is 10.1.